The van der Waals surface area contributed by atoms with Crippen LogP contribution in [-0.4, -0.2) is 14.5 Å². The molecular weight excluding hydrogens is 786 g/mol. The first-order valence-electron chi connectivity index (χ1n) is 21.3. The second-order valence-corrected chi connectivity index (χ2v) is 18.7. The molecule has 12 rings (SSSR count). The second-order valence-electron chi connectivity index (χ2n) is 16.1. The Kier molecular flexibility index (Phi) is 8.74. The van der Waals surface area contributed by atoms with E-state index < -0.39 is 7.14 Å². The van der Waals surface area contributed by atoms with Gasteiger partial charge in [0.25, 0.3) is 0 Å². The molecule has 0 spiro atoms. The summed E-state index contributed by atoms with van der Waals surface area (Å²) in [5.41, 5.74) is 14.5. The quantitative estimate of drug-likeness (QED) is 0.150. The number of aromatic nitrogens is 3. The van der Waals surface area contributed by atoms with Gasteiger partial charge in [0.15, 0.2) is 13.0 Å². The van der Waals surface area contributed by atoms with Crippen LogP contribution in [0.4, 0.5) is 0 Å². The molecule has 1 unspecified atom stereocenters. The van der Waals surface area contributed by atoms with Crippen LogP contribution < -0.4 is 15.9 Å². The molecule has 0 bridgehead atoms. The van der Waals surface area contributed by atoms with Crippen molar-refractivity contribution < 1.29 is 4.57 Å². The third kappa shape index (κ3) is 6.10. The summed E-state index contributed by atoms with van der Waals surface area (Å²) < 4.78 is 18.2. The first kappa shape index (κ1) is 36.9. The van der Waals surface area contributed by atoms with Crippen LogP contribution in [0, 0.1) is 0 Å². The fourth-order valence-electron chi connectivity index (χ4n) is 9.43. The van der Waals surface area contributed by atoms with Gasteiger partial charge >= 0.3 is 0 Å². The predicted molar refractivity (Wildman–Crippen MR) is 262 cm³/mol. The Labute approximate surface area is 365 Å². The van der Waals surface area contributed by atoms with Crippen LogP contribution in [-0.2, 0) is 4.57 Å². The van der Waals surface area contributed by atoms with Crippen molar-refractivity contribution in [2.45, 2.75) is 0 Å². The van der Waals surface area contributed by atoms with E-state index in [1.165, 1.54) is 11.1 Å². The molecule has 1 aliphatic heterocycles. The van der Waals surface area contributed by atoms with Gasteiger partial charge in [-0.3, -0.25) is 0 Å². The van der Waals surface area contributed by atoms with Gasteiger partial charge in [-0.25, -0.2) is 9.97 Å². The molecule has 11 aromatic rings. The minimum atomic E-state index is -3.20. The lowest BCUT2D eigenvalue weighted by molar-refractivity contribution is 0.593. The van der Waals surface area contributed by atoms with Crippen LogP contribution in [0.5, 0.6) is 0 Å². The van der Waals surface area contributed by atoms with E-state index in [2.05, 4.69) is 180 Å². The molecule has 1 aliphatic rings. The number of fused-ring (bicyclic) bond motifs is 7. The maximum Gasteiger partial charge on any atom is 0.172 e. The van der Waals surface area contributed by atoms with E-state index in [9.17, 15) is 0 Å². The Bertz CT molecular complexity index is 3450. The Hall–Kier alpha value is -7.91. The molecule has 0 N–H and O–H groups in total. The van der Waals surface area contributed by atoms with Crippen molar-refractivity contribution in [1.29, 1.82) is 0 Å². The van der Waals surface area contributed by atoms with Crippen molar-refractivity contribution in [3.05, 3.63) is 231 Å². The summed E-state index contributed by atoms with van der Waals surface area (Å²) in [6.07, 6.45) is 0. The molecule has 4 nitrogen and oxygen atoms in total. The molecular formula is C58H38N3OP. The highest BCUT2D eigenvalue weighted by Crippen LogP contribution is 2.55. The normalized spacial score (nSPS) is 14.2. The Balaban J connectivity index is 0.985. The van der Waals surface area contributed by atoms with E-state index in [0.29, 0.717) is 5.82 Å². The lowest BCUT2D eigenvalue weighted by Gasteiger charge is -2.17. The molecule has 3 heterocycles. The van der Waals surface area contributed by atoms with Crippen molar-refractivity contribution in [3.8, 4) is 73.0 Å². The third-order valence-corrected chi connectivity index (χ3v) is 15.7. The minimum Gasteiger partial charge on any atom is -0.309 e. The van der Waals surface area contributed by atoms with Crippen molar-refractivity contribution in [1.82, 2.24) is 14.5 Å². The van der Waals surface area contributed by atoms with Gasteiger partial charge in [-0.05, 0) is 63.7 Å². The fourth-order valence-corrected chi connectivity index (χ4v) is 12.7. The monoisotopic (exact) mass is 823 g/mol. The molecule has 2 aromatic heterocycles. The average molecular weight is 824 g/mol. The lowest BCUT2D eigenvalue weighted by atomic mass is 10.0. The van der Waals surface area contributed by atoms with Crippen LogP contribution in [0.2, 0.25) is 0 Å². The summed E-state index contributed by atoms with van der Waals surface area (Å²) >= 11 is 0. The van der Waals surface area contributed by atoms with Crippen LogP contribution in [0.3, 0.4) is 0 Å². The van der Waals surface area contributed by atoms with Crippen LogP contribution in [0.15, 0.2) is 231 Å². The molecule has 0 saturated carbocycles. The van der Waals surface area contributed by atoms with Crippen LogP contribution in [0.1, 0.15) is 0 Å². The summed E-state index contributed by atoms with van der Waals surface area (Å²) in [7, 11) is -3.20. The van der Waals surface area contributed by atoms with Gasteiger partial charge in [0.2, 0.25) is 0 Å². The summed E-state index contributed by atoms with van der Waals surface area (Å²) in [5.74, 6) is 0.665. The van der Waals surface area contributed by atoms with Crippen LogP contribution >= 0.6 is 7.14 Å². The van der Waals surface area contributed by atoms with Gasteiger partial charge < -0.3 is 9.13 Å². The SMILES string of the molecule is O=P1(c2ccccc2)c2ccccc2-c2ccc3c(c21)c1ccccc1n3-c1ccc(-c2cc(-c3ccc(-c4ccccc4)cc3)nc(-c3ccc(-c4ccccc4)cc3)n2)cc1. The van der Waals surface area contributed by atoms with E-state index in [1.54, 1.807) is 0 Å². The van der Waals surface area contributed by atoms with Gasteiger partial charge in [0, 0.05) is 49.1 Å². The number of nitrogens with zero attached hydrogens (tertiary/aromatic N) is 3. The molecule has 0 saturated heterocycles. The highest BCUT2D eigenvalue weighted by atomic mass is 31.2. The Morgan fingerprint density at radius 1 is 0.381 bits per heavy atom. The van der Waals surface area contributed by atoms with Crippen molar-refractivity contribution in [3.63, 3.8) is 0 Å². The number of hydrogen-bond donors (Lipinski definition) is 0. The highest BCUT2D eigenvalue weighted by Gasteiger charge is 2.42. The van der Waals surface area contributed by atoms with Crippen molar-refractivity contribution >= 4 is 44.9 Å². The number of para-hydroxylation sites is 1. The van der Waals surface area contributed by atoms with Gasteiger partial charge in [-0.2, -0.15) is 0 Å². The molecule has 5 heteroatoms. The van der Waals surface area contributed by atoms with E-state index in [4.69, 9.17) is 9.97 Å². The standard InChI is InChI=1S/C58H38N3OP/c62-63(47-18-8-3-9-19-47)55-23-13-11-20-48(55)49-36-37-54-56(57(49)63)50-21-10-12-22-53(50)61(54)46-34-32-44(33-35-46)52-38-51(43-28-24-41(25-29-43)39-14-4-1-5-15-39)59-58(60-52)45-30-26-42(27-31-45)40-16-6-2-7-17-40/h1-38H. The van der Waals surface area contributed by atoms with E-state index in [1.807, 2.05) is 54.6 Å². The molecule has 63 heavy (non-hydrogen) atoms. The Morgan fingerprint density at radius 2 is 0.873 bits per heavy atom. The largest absolute Gasteiger partial charge is 0.309 e. The van der Waals surface area contributed by atoms with Gasteiger partial charge in [-0.1, -0.05) is 200 Å². The van der Waals surface area contributed by atoms with Gasteiger partial charge in [-0.15, -0.1) is 0 Å². The molecule has 0 fully saturated rings. The van der Waals surface area contributed by atoms with Gasteiger partial charge in [0.1, 0.15) is 0 Å². The maximum atomic E-state index is 15.9. The zero-order chi connectivity index (χ0) is 41.9. The molecule has 0 radical (unpaired) electrons. The molecule has 0 aliphatic carbocycles. The van der Waals surface area contributed by atoms with Gasteiger partial charge in [0.05, 0.1) is 22.4 Å². The minimum absolute atomic E-state index is 0.665. The summed E-state index contributed by atoms with van der Waals surface area (Å²) in [4.78, 5) is 10.4. The van der Waals surface area contributed by atoms with Crippen LogP contribution in [0.25, 0.3) is 94.8 Å². The zero-order valence-electron chi connectivity index (χ0n) is 34.1. The summed E-state index contributed by atoms with van der Waals surface area (Å²) in [5, 5.41) is 4.81. The average Bonchev–Trinajstić information content (AvgIpc) is 3.84. The molecule has 1 atom stereocenters. The third-order valence-electron chi connectivity index (χ3n) is 12.5. The first-order chi connectivity index (χ1) is 31.1. The highest BCUT2D eigenvalue weighted by molar-refractivity contribution is 7.86. The van der Waals surface area contributed by atoms with Crippen molar-refractivity contribution in [2.24, 2.45) is 0 Å². The predicted octanol–water partition coefficient (Wildman–Crippen LogP) is 13.5. The van der Waals surface area contributed by atoms with E-state index >= 15 is 4.57 Å². The summed E-state index contributed by atoms with van der Waals surface area (Å²) in [6.45, 7) is 0. The Morgan fingerprint density at radius 3 is 1.51 bits per heavy atom. The molecule has 0 amide bonds. The molecule has 9 aromatic carbocycles. The number of hydrogen-bond acceptors (Lipinski definition) is 3. The lowest BCUT2D eigenvalue weighted by Crippen LogP contribution is -2.21. The van der Waals surface area contributed by atoms with E-state index in [0.717, 1.165) is 93.7 Å². The van der Waals surface area contributed by atoms with E-state index in [-0.39, 0.29) is 0 Å². The molecule has 296 valence electrons. The topological polar surface area (TPSA) is 47.8 Å². The fraction of sp³-hybridized carbons (Fsp3) is 0. The second kappa shape index (κ2) is 14.9. The number of benzene rings is 9. The first-order valence-corrected chi connectivity index (χ1v) is 23.0. The summed E-state index contributed by atoms with van der Waals surface area (Å²) in [6, 6.07) is 79.8. The maximum absolute atomic E-state index is 15.9. The van der Waals surface area contributed by atoms with Crippen molar-refractivity contribution in [2.75, 3.05) is 0 Å². The number of rotatable bonds is 7. The smallest absolute Gasteiger partial charge is 0.172 e. The zero-order valence-corrected chi connectivity index (χ0v) is 35.0.